The van der Waals surface area contributed by atoms with Gasteiger partial charge in [-0.2, -0.15) is 0 Å². The summed E-state index contributed by atoms with van der Waals surface area (Å²) in [6, 6.07) is 5.45. The molecule has 0 saturated carbocycles. The molecule has 0 aliphatic heterocycles. The SMILES string of the molecule is COCC(=O)Nc1cc(NCc2cnc(Cl)s2)ccc1OC. The minimum absolute atomic E-state index is 0.0137. The molecule has 1 aromatic heterocycles. The molecule has 0 saturated heterocycles. The third-order valence-corrected chi connectivity index (χ3v) is 3.86. The Balaban J connectivity index is 2.07. The molecule has 0 bridgehead atoms. The van der Waals surface area contributed by atoms with Crippen LogP contribution in [0, 0.1) is 0 Å². The van der Waals surface area contributed by atoms with Crippen LogP contribution in [0.2, 0.25) is 4.47 Å². The number of hydrogen-bond acceptors (Lipinski definition) is 6. The Hall–Kier alpha value is -1.83. The molecule has 6 nitrogen and oxygen atoms in total. The first-order valence-corrected chi connectivity index (χ1v) is 7.62. The van der Waals surface area contributed by atoms with E-state index in [2.05, 4.69) is 15.6 Å². The fraction of sp³-hybridized carbons (Fsp3) is 0.286. The van der Waals surface area contributed by atoms with Gasteiger partial charge < -0.3 is 20.1 Å². The maximum atomic E-state index is 11.6. The van der Waals surface area contributed by atoms with Crippen molar-refractivity contribution < 1.29 is 14.3 Å². The number of hydrogen-bond donors (Lipinski definition) is 2. The van der Waals surface area contributed by atoms with Crippen molar-refractivity contribution in [1.82, 2.24) is 4.98 Å². The number of benzene rings is 1. The van der Waals surface area contributed by atoms with E-state index in [1.807, 2.05) is 6.07 Å². The summed E-state index contributed by atoms with van der Waals surface area (Å²) in [4.78, 5) is 16.6. The molecule has 1 heterocycles. The molecule has 2 aromatic rings. The van der Waals surface area contributed by atoms with Gasteiger partial charge >= 0.3 is 0 Å². The van der Waals surface area contributed by atoms with Gasteiger partial charge in [0.05, 0.1) is 19.3 Å². The molecule has 0 spiro atoms. The van der Waals surface area contributed by atoms with Crippen LogP contribution < -0.4 is 15.4 Å². The van der Waals surface area contributed by atoms with Gasteiger partial charge in [0, 0.05) is 23.9 Å². The summed E-state index contributed by atoms with van der Waals surface area (Å²) >= 11 is 7.21. The van der Waals surface area contributed by atoms with Gasteiger partial charge in [-0.05, 0) is 18.2 Å². The predicted octanol–water partition coefficient (Wildman–Crippen LogP) is 3.00. The van der Waals surface area contributed by atoms with Crippen LogP contribution in [0.25, 0.3) is 0 Å². The van der Waals surface area contributed by atoms with E-state index in [1.54, 1.807) is 25.4 Å². The molecule has 0 atom stereocenters. The Labute approximate surface area is 137 Å². The van der Waals surface area contributed by atoms with Crippen LogP contribution in [-0.4, -0.2) is 31.7 Å². The average Bonchev–Trinajstić information content (AvgIpc) is 2.91. The summed E-state index contributed by atoms with van der Waals surface area (Å²) in [6.07, 6.45) is 1.73. The fourth-order valence-corrected chi connectivity index (χ4v) is 2.71. The summed E-state index contributed by atoms with van der Waals surface area (Å²) in [5, 5.41) is 5.99. The molecule has 8 heteroatoms. The number of amides is 1. The van der Waals surface area contributed by atoms with Crippen LogP contribution in [0.3, 0.4) is 0 Å². The standard InChI is InChI=1S/C14H16ClN3O3S/c1-20-8-13(19)18-11-5-9(3-4-12(11)21-2)16-6-10-7-17-14(15)22-10/h3-5,7,16H,6,8H2,1-2H3,(H,18,19). The van der Waals surface area contributed by atoms with Gasteiger partial charge in [0.2, 0.25) is 5.91 Å². The summed E-state index contributed by atoms with van der Waals surface area (Å²) in [5.41, 5.74) is 1.43. The first-order chi connectivity index (χ1) is 10.6. The molecule has 1 amide bonds. The Bertz CT molecular complexity index is 648. The molecule has 0 radical (unpaired) electrons. The number of halogens is 1. The number of anilines is 2. The molecule has 118 valence electrons. The number of rotatable bonds is 7. The second-order valence-corrected chi connectivity index (χ2v) is 6.03. The van der Waals surface area contributed by atoms with Crippen LogP contribution >= 0.6 is 22.9 Å². The van der Waals surface area contributed by atoms with E-state index in [0.29, 0.717) is 22.4 Å². The Morgan fingerprint density at radius 3 is 2.86 bits per heavy atom. The van der Waals surface area contributed by atoms with Crippen LogP contribution in [0.5, 0.6) is 5.75 Å². The third kappa shape index (κ3) is 4.59. The molecule has 1 aromatic carbocycles. The number of ether oxygens (including phenoxy) is 2. The monoisotopic (exact) mass is 341 g/mol. The van der Waals surface area contributed by atoms with E-state index in [0.717, 1.165) is 10.6 Å². The first-order valence-electron chi connectivity index (χ1n) is 6.43. The van der Waals surface area contributed by atoms with Crippen molar-refractivity contribution in [3.8, 4) is 5.75 Å². The lowest BCUT2D eigenvalue weighted by molar-refractivity contribution is -0.119. The predicted molar refractivity (Wildman–Crippen MR) is 88.0 cm³/mol. The number of carbonyl (C=O) groups excluding carboxylic acids is 1. The van der Waals surface area contributed by atoms with Crippen LogP contribution in [0.15, 0.2) is 24.4 Å². The quantitative estimate of drug-likeness (QED) is 0.810. The zero-order chi connectivity index (χ0) is 15.9. The number of nitrogens with one attached hydrogen (secondary N) is 2. The lowest BCUT2D eigenvalue weighted by atomic mass is 10.2. The minimum atomic E-state index is -0.243. The van der Waals surface area contributed by atoms with Gasteiger partial charge in [-0.3, -0.25) is 4.79 Å². The Kier molecular flexibility index (Phi) is 6.00. The van der Waals surface area contributed by atoms with Gasteiger partial charge in [-0.25, -0.2) is 4.98 Å². The summed E-state index contributed by atoms with van der Waals surface area (Å²) in [7, 11) is 3.02. The van der Waals surface area contributed by atoms with Crippen molar-refractivity contribution in [3.05, 3.63) is 33.7 Å². The van der Waals surface area contributed by atoms with E-state index in [9.17, 15) is 4.79 Å². The number of thiazole rings is 1. The molecule has 0 fully saturated rings. The minimum Gasteiger partial charge on any atom is -0.495 e. The number of methoxy groups -OCH3 is 2. The van der Waals surface area contributed by atoms with Gasteiger partial charge in [0.15, 0.2) is 4.47 Å². The normalized spacial score (nSPS) is 10.3. The van der Waals surface area contributed by atoms with E-state index in [-0.39, 0.29) is 12.5 Å². The molecule has 0 aliphatic carbocycles. The van der Waals surface area contributed by atoms with E-state index in [1.165, 1.54) is 18.4 Å². The topological polar surface area (TPSA) is 72.5 Å². The maximum absolute atomic E-state index is 11.6. The zero-order valence-corrected chi connectivity index (χ0v) is 13.8. The lowest BCUT2D eigenvalue weighted by Crippen LogP contribution is -2.17. The average molecular weight is 342 g/mol. The van der Waals surface area contributed by atoms with Crippen molar-refractivity contribution >= 4 is 40.2 Å². The number of aromatic nitrogens is 1. The van der Waals surface area contributed by atoms with Crippen molar-refractivity contribution in [3.63, 3.8) is 0 Å². The summed E-state index contributed by atoms with van der Waals surface area (Å²) in [6.45, 7) is 0.586. The van der Waals surface area contributed by atoms with Crippen molar-refractivity contribution in [2.45, 2.75) is 6.54 Å². The highest BCUT2D eigenvalue weighted by Crippen LogP contribution is 2.28. The van der Waals surface area contributed by atoms with E-state index >= 15 is 0 Å². The Morgan fingerprint density at radius 2 is 2.23 bits per heavy atom. The van der Waals surface area contributed by atoms with Crippen molar-refractivity contribution in [2.75, 3.05) is 31.5 Å². The van der Waals surface area contributed by atoms with Crippen molar-refractivity contribution in [2.24, 2.45) is 0 Å². The second kappa shape index (κ2) is 7.98. The first kappa shape index (κ1) is 16.5. The molecule has 2 rings (SSSR count). The molecule has 22 heavy (non-hydrogen) atoms. The third-order valence-electron chi connectivity index (χ3n) is 2.74. The molecular weight excluding hydrogens is 326 g/mol. The van der Waals surface area contributed by atoms with E-state index < -0.39 is 0 Å². The van der Waals surface area contributed by atoms with Crippen LogP contribution in [0.4, 0.5) is 11.4 Å². The second-order valence-electron chi connectivity index (χ2n) is 4.33. The number of carbonyl (C=O) groups is 1. The van der Waals surface area contributed by atoms with Gasteiger partial charge in [0.1, 0.15) is 12.4 Å². The van der Waals surface area contributed by atoms with Crippen molar-refractivity contribution in [1.29, 1.82) is 0 Å². The molecule has 0 unspecified atom stereocenters. The smallest absolute Gasteiger partial charge is 0.250 e. The fourth-order valence-electron chi connectivity index (χ4n) is 1.79. The maximum Gasteiger partial charge on any atom is 0.250 e. The summed E-state index contributed by atoms with van der Waals surface area (Å²) in [5.74, 6) is 0.336. The number of nitrogens with zero attached hydrogens (tertiary/aromatic N) is 1. The highest BCUT2D eigenvalue weighted by Gasteiger charge is 2.09. The molecular formula is C14H16ClN3O3S. The Morgan fingerprint density at radius 1 is 1.41 bits per heavy atom. The molecule has 2 N–H and O–H groups in total. The largest absolute Gasteiger partial charge is 0.495 e. The van der Waals surface area contributed by atoms with Crippen LogP contribution in [-0.2, 0) is 16.1 Å². The zero-order valence-electron chi connectivity index (χ0n) is 12.2. The van der Waals surface area contributed by atoms with Gasteiger partial charge in [-0.1, -0.05) is 11.6 Å². The highest BCUT2D eigenvalue weighted by molar-refractivity contribution is 7.15. The summed E-state index contributed by atoms with van der Waals surface area (Å²) < 4.78 is 10.6. The highest BCUT2D eigenvalue weighted by atomic mass is 35.5. The molecule has 0 aliphatic rings. The van der Waals surface area contributed by atoms with Crippen LogP contribution in [0.1, 0.15) is 4.88 Å². The van der Waals surface area contributed by atoms with Gasteiger partial charge in [-0.15, -0.1) is 11.3 Å². The lowest BCUT2D eigenvalue weighted by Gasteiger charge is -2.12. The van der Waals surface area contributed by atoms with Gasteiger partial charge in [0.25, 0.3) is 0 Å². The van der Waals surface area contributed by atoms with E-state index in [4.69, 9.17) is 21.1 Å².